The van der Waals surface area contributed by atoms with Gasteiger partial charge in [0.2, 0.25) is 0 Å². The summed E-state index contributed by atoms with van der Waals surface area (Å²) in [7, 11) is 1.40. The SMILES string of the molecule is COC(=O)c1ccc(CNCC2C(C)(C)C2(C)C)cc1. The van der Waals surface area contributed by atoms with E-state index in [4.69, 9.17) is 0 Å². The van der Waals surface area contributed by atoms with Gasteiger partial charge in [-0.2, -0.15) is 0 Å². The molecule has 1 aromatic carbocycles. The molecule has 0 atom stereocenters. The Balaban J connectivity index is 1.82. The van der Waals surface area contributed by atoms with Crippen LogP contribution >= 0.6 is 0 Å². The highest BCUT2D eigenvalue weighted by Crippen LogP contribution is 2.67. The molecule has 0 bridgehead atoms. The molecule has 20 heavy (non-hydrogen) atoms. The van der Waals surface area contributed by atoms with E-state index in [2.05, 4.69) is 37.7 Å². The quantitative estimate of drug-likeness (QED) is 0.838. The highest BCUT2D eigenvalue weighted by atomic mass is 16.5. The third kappa shape index (κ3) is 2.59. The molecular formula is C17H25NO2. The first-order valence-electron chi connectivity index (χ1n) is 7.18. The van der Waals surface area contributed by atoms with Gasteiger partial charge in [0.05, 0.1) is 12.7 Å². The van der Waals surface area contributed by atoms with Crippen LogP contribution in [0.25, 0.3) is 0 Å². The van der Waals surface area contributed by atoms with Crippen molar-refractivity contribution in [3.8, 4) is 0 Å². The molecule has 1 fully saturated rings. The summed E-state index contributed by atoms with van der Waals surface area (Å²) in [6, 6.07) is 7.58. The summed E-state index contributed by atoms with van der Waals surface area (Å²) >= 11 is 0. The second kappa shape index (κ2) is 5.21. The number of rotatable bonds is 5. The predicted molar refractivity (Wildman–Crippen MR) is 80.5 cm³/mol. The summed E-state index contributed by atoms with van der Waals surface area (Å²) in [5.41, 5.74) is 2.64. The molecule has 1 aliphatic carbocycles. The van der Waals surface area contributed by atoms with Gasteiger partial charge in [0.25, 0.3) is 0 Å². The van der Waals surface area contributed by atoms with Crippen molar-refractivity contribution >= 4 is 5.97 Å². The molecule has 0 heterocycles. The van der Waals surface area contributed by atoms with Gasteiger partial charge in [-0.25, -0.2) is 4.79 Å². The van der Waals surface area contributed by atoms with Gasteiger partial charge < -0.3 is 10.1 Å². The fourth-order valence-electron chi connectivity index (χ4n) is 3.08. The lowest BCUT2D eigenvalue weighted by Gasteiger charge is -2.07. The number of benzene rings is 1. The summed E-state index contributed by atoms with van der Waals surface area (Å²) in [4.78, 5) is 11.3. The van der Waals surface area contributed by atoms with E-state index in [0.717, 1.165) is 19.0 Å². The van der Waals surface area contributed by atoms with Crippen LogP contribution in [0.5, 0.6) is 0 Å². The van der Waals surface area contributed by atoms with Crippen LogP contribution in [0.3, 0.4) is 0 Å². The largest absolute Gasteiger partial charge is 0.465 e. The third-order valence-electron chi connectivity index (χ3n) is 5.37. The Labute approximate surface area is 121 Å². The van der Waals surface area contributed by atoms with Crippen molar-refractivity contribution in [2.24, 2.45) is 16.7 Å². The van der Waals surface area contributed by atoms with Crippen molar-refractivity contribution < 1.29 is 9.53 Å². The molecule has 1 aromatic rings. The lowest BCUT2D eigenvalue weighted by atomic mass is 10.0. The van der Waals surface area contributed by atoms with E-state index in [1.165, 1.54) is 12.7 Å². The lowest BCUT2D eigenvalue weighted by Crippen LogP contribution is -2.18. The van der Waals surface area contributed by atoms with Crippen molar-refractivity contribution in [2.45, 2.75) is 34.2 Å². The molecule has 0 aromatic heterocycles. The van der Waals surface area contributed by atoms with Gasteiger partial charge >= 0.3 is 5.97 Å². The number of carbonyl (C=O) groups is 1. The molecule has 3 nitrogen and oxygen atoms in total. The number of nitrogens with one attached hydrogen (secondary N) is 1. The van der Waals surface area contributed by atoms with Gasteiger partial charge in [-0.1, -0.05) is 39.8 Å². The van der Waals surface area contributed by atoms with Crippen molar-refractivity contribution in [3.63, 3.8) is 0 Å². The molecule has 110 valence electrons. The van der Waals surface area contributed by atoms with Gasteiger partial charge in [0.15, 0.2) is 0 Å². The number of esters is 1. The second-order valence-corrected chi connectivity index (χ2v) is 6.82. The average molecular weight is 275 g/mol. The highest BCUT2D eigenvalue weighted by Gasteiger charge is 2.63. The van der Waals surface area contributed by atoms with Crippen LogP contribution in [-0.2, 0) is 11.3 Å². The van der Waals surface area contributed by atoms with E-state index in [1.54, 1.807) is 0 Å². The fraction of sp³-hybridized carbons (Fsp3) is 0.588. The van der Waals surface area contributed by atoms with Crippen molar-refractivity contribution in [3.05, 3.63) is 35.4 Å². The normalized spacial score (nSPS) is 19.6. The number of hydrogen-bond acceptors (Lipinski definition) is 3. The second-order valence-electron chi connectivity index (χ2n) is 6.82. The van der Waals surface area contributed by atoms with Gasteiger partial charge in [0.1, 0.15) is 0 Å². The minimum atomic E-state index is -0.286. The molecule has 0 saturated heterocycles. The molecule has 0 unspecified atom stereocenters. The van der Waals surface area contributed by atoms with Gasteiger partial charge in [-0.05, 0) is 41.0 Å². The van der Waals surface area contributed by atoms with Gasteiger partial charge in [0, 0.05) is 6.54 Å². The number of methoxy groups -OCH3 is 1. The van der Waals surface area contributed by atoms with Crippen LogP contribution in [-0.4, -0.2) is 19.6 Å². The molecule has 0 spiro atoms. The van der Waals surface area contributed by atoms with Crippen LogP contribution in [0.15, 0.2) is 24.3 Å². The monoisotopic (exact) mass is 275 g/mol. The highest BCUT2D eigenvalue weighted by molar-refractivity contribution is 5.89. The third-order valence-corrected chi connectivity index (χ3v) is 5.37. The van der Waals surface area contributed by atoms with Crippen molar-refractivity contribution in [1.29, 1.82) is 0 Å². The fourth-order valence-corrected chi connectivity index (χ4v) is 3.08. The molecule has 0 aliphatic heterocycles. The van der Waals surface area contributed by atoms with Crippen molar-refractivity contribution in [2.75, 3.05) is 13.7 Å². The first-order valence-corrected chi connectivity index (χ1v) is 7.18. The van der Waals surface area contributed by atoms with Gasteiger partial charge in [-0.15, -0.1) is 0 Å². The first kappa shape index (κ1) is 15.0. The standard InChI is InChI=1S/C17H25NO2/c1-16(2)14(17(16,3)4)11-18-10-12-6-8-13(9-7-12)15(19)20-5/h6-9,14,18H,10-11H2,1-5H3. The smallest absolute Gasteiger partial charge is 0.337 e. The minimum absolute atomic E-state index is 0.286. The van der Waals surface area contributed by atoms with Crippen LogP contribution in [0.1, 0.15) is 43.6 Å². The van der Waals surface area contributed by atoms with Crippen LogP contribution in [0.2, 0.25) is 0 Å². The molecule has 1 saturated carbocycles. The Morgan fingerprint density at radius 3 is 2.15 bits per heavy atom. The minimum Gasteiger partial charge on any atom is -0.465 e. The average Bonchev–Trinajstić information content (AvgIpc) is 2.81. The lowest BCUT2D eigenvalue weighted by molar-refractivity contribution is 0.0600. The number of hydrogen-bond donors (Lipinski definition) is 1. The zero-order valence-corrected chi connectivity index (χ0v) is 13.1. The Hall–Kier alpha value is -1.35. The number of ether oxygens (including phenoxy) is 1. The van der Waals surface area contributed by atoms with E-state index >= 15 is 0 Å². The summed E-state index contributed by atoms with van der Waals surface area (Å²) < 4.78 is 4.69. The molecule has 1 aliphatic rings. The van der Waals surface area contributed by atoms with Crippen LogP contribution in [0, 0.1) is 16.7 Å². The molecule has 3 heteroatoms. The van der Waals surface area contributed by atoms with Crippen molar-refractivity contribution in [1.82, 2.24) is 5.32 Å². The Kier molecular flexibility index (Phi) is 3.92. The van der Waals surface area contributed by atoms with Crippen LogP contribution in [0.4, 0.5) is 0 Å². The van der Waals surface area contributed by atoms with Crippen LogP contribution < -0.4 is 5.32 Å². The van der Waals surface area contributed by atoms with E-state index in [-0.39, 0.29) is 5.97 Å². The maximum Gasteiger partial charge on any atom is 0.337 e. The van der Waals surface area contributed by atoms with E-state index in [0.29, 0.717) is 16.4 Å². The predicted octanol–water partition coefficient (Wildman–Crippen LogP) is 3.25. The van der Waals surface area contributed by atoms with Gasteiger partial charge in [-0.3, -0.25) is 0 Å². The Bertz CT molecular complexity index is 474. The molecule has 0 amide bonds. The Morgan fingerprint density at radius 2 is 1.70 bits per heavy atom. The number of carbonyl (C=O) groups excluding carboxylic acids is 1. The summed E-state index contributed by atoms with van der Waals surface area (Å²) in [6.45, 7) is 11.2. The van der Waals surface area contributed by atoms with E-state index in [9.17, 15) is 4.79 Å². The zero-order valence-electron chi connectivity index (χ0n) is 13.1. The summed E-state index contributed by atoms with van der Waals surface area (Å²) in [6.07, 6.45) is 0. The summed E-state index contributed by atoms with van der Waals surface area (Å²) in [5.74, 6) is 0.440. The molecule has 0 radical (unpaired) electrons. The Morgan fingerprint density at radius 1 is 1.15 bits per heavy atom. The topological polar surface area (TPSA) is 38.3 Å². The molecule has 2 rings (SSSR count). The molecular weight excluding hydrogens is 250 g/mol. The zero-order chi connectivity index (χ0) is 15.0. The van der Waals surface area contributed by atoms with E-state index in [1.807, 2.05) is 24.3 Å². The van der Waals surface area contributed by atoms with E-state index < -0.39 is 0 Å². The first-order chi connectivity index (χ1) is 9.30. The summed E-state index contributed by atoms with van der Waals surface area (Å²) in [5, 5.41) is 3.52. The molecule has 1 N–H and O–H groups in total. The maximum atomic E-state index is 11.3. The maximum absolute atomic E-state index is 11.3.